The summed E-state index contributed by atoms with van der Waals surface area (Å²) in [4.78, 5) is 25.3. The van der Waals surface area contributed by atoms with Crippen molar-refractivity contribution in [2.45, 2.75) is 37.3 Å². The molecular weight excluding hydrogens is 500 g/mol. The van der Waals surface area contributed by atoms with Gasteiger partial charge in [0.25, 0.3) is 11.6 Å². The minimum atomic E-state index is -0.487. The van der Waals surface area contributed by atoms with Gasteiger partial charge < -0.3 is 10.1 Å². The van der Waals surface area contributed by atoms with Gasteiger partial charge in [-0.3, -0.25) is 14.9 Å². The Balaban J connectivity index is 1.45. The molecule has 8 nitrogen and oxygen atoms in total. The Kier molecular flexibility index (Phi) is 7.61. The van der Waals surface area contributed by atoms with Crippen LogP contribution in [0.15, 0.2) is 76.7 Å². The number of benzene rings is 3. The number of hydrogen-bond acceptors (Lipinski definition) is 6. The summed E-state index contributed by atoms with van der Waals surface area (Å²) in [6, 6.07) is 17.5. The molecule has 0 saturated heterocycles. The lowest BCUT2D eigenvalue weighted by Crippen LogP contribution is -2.14. The standard InChI is InChI=1S/C26H23ClN4O4S/c1-16-4-6-22(7-5-16)36-23-13-19(12-20(14-23)31(33)34)28-26(32)24-8-9-30(29-24)15-35-21-10-17(2)25(27)18(3)11-21/h4-14H,15H2,1-3H3,(H,28,32). The maximum Gasteiger partial charge on any atom is 0.276 e. The summed E-state index contributed by atoms with van der Waals surface area (Å²) in [6.07, 6.45) is 1.62. The number of non-ortho nitro benzene ring substituents is 1. The molecule has 0 aliphatic rings. The van der Waals surface area contributed by atoms with Crippen LogP contribution >= 0.6 is 23.4 Å². The third-order valence-corrected chi connectivity index (χ3v) is 6.84. The number of ether oxygens (including phenoxy) is 1. The molecule has 0 aliphatic heterocycles. The van der Waals surface area contributed by atoms with Gasteiger partial charge in [0.15, 0.2) is 12.4 Å². The summed E-state index contributed by atoms with van der Waals surface area (Å²) in [6.45, 7) is 5.89. The summed E-state index contributed by atoms with van der Waals surface area (Å²) in [5.41, 5.74) is 3.28. The van der Waals surface area contributed by atoms with Crippen LogP contribution in [-0.4, -0.2) is 20.6 Å². The molecule has 0 fully saturated rings. The summed E-state index contributed by atoms with van der Waals surface area (Å²) in [7, 11) is 0. The molecule has 1 heterocycles. The van der Waals surface area contributed by atoms with Crippen LogP contribution < -0.4 is 10.1 Å². The number of carbonyl (C=O) groups is 1. The van der Waals surface area contributed by atoms with Crippen molar-refractivity contribution in [3.05, 3.63) is 104 Å². The molecule has 3 aromatic carbocycles. The van der Waals surface area contributed by atoms with E-state index in [1.165, 1.54) is 28.6 Å². The molecule has 36 heavy (non-hydrogen) atoms. The molecule has 0 atom stereocenters. The fourth-order valence-corrected chi connectivity index (χ4v) is 4.46. The molecule has 10 heteroatoms. The smallest absolute Gasteiger partial charge is 0.276 e. The second kappa shape index (κ2) is 10.8. The van der Waals surface area contributed by atoms with Crippen molar-refractivity contribution in [3.63, 3.8) is 0 Å². The average Bonchev–Trinajstić information content (AvgIpc) is 3.32. The number of anilines is 1. The van der Waals surface area contributed by atoms with Crippen LogP contribution in [-0.2, 0) is 6.73 Å². The highest BCUT2D eigenvalue weighted by Gasteiger charge is 2.15. The molecule has 4 rings (SSSR count). The van der Waals surface area contributed by atoms with Crippen LogP contribution in [0.2, 0.25) is 5.02 Å². The molecule has 1 N–H and O–H groups in total. The number of aryl methyl sites for hydroxylation is 3. The van der Waals surface area contributed by atoms with E-state index in [1.807, 2.05) is 57.2 Å². The van der Waals surface area contributed by atoms with Gasteiger partial charge in [-0.25, -0.2) is 4.68 Å². The SMILES string of the molecule is Cc1ccc(Sc2cc(NC(=O)c3ccn(COc4cc(C)c(Cl)c(C)c4)n3)cc([N+](=O)[O-])c2)cc1. The number of nitro groups is 1. The van der Waals surface area contributed by atoms with Crippen LogP contribution in [0.5, 0.6) is 5.75 Å². The zero-order valence-corrected chi connectivity index (χ0v) is 21.4. The third-order valence-electron chi connectivity index (χ3n) is 5.26. The van der Waals surface area contributed by atoms with Gasteiger partial charge in [-0.15, -0.1) is 0 Å². The molecule has 0 spiro atoms. The van der Waals surface area contributed by atoms with Gasteiger partial charge in [0.1, 0.15) is 5.75 Å². The normalized spacial score (nSPS) is 10.8. The largest absolute Gasteiger partial charge is 0.471 e. The highest BCUT2D eigenvalue weighted by Crippen LogP contribution is 2.33. The maximum absolute atomic E-state index is 12.8. The molecule has 0 bridgehead atoms. The van der Waals surface area contributed by atoms with Gasteiger partial charge >= 0.3 is 0 Å². The summed E-state index contributed by atoms with van der Waals surface area (Å²) in [5, 5.41) is 19.1. The van der Waals surface area contributed by atoms with E-state index < -0.39 is 10.8 Å². The predicted molar refractivity (Wildman–Crippen MR) is 140 cm³/mol. The first-order valence-corrected chi connectivity index (χ1v) is 12.2. The van der Waals surface area contributed by atoms with Crippen LogP contribution in [0.3, 0.4) is 0 Å². The van der Waals surface area contributed by atoms with E-state index in [2.05, 4.69) is 10.4 Å². The second-order valence-electron chi connectivity index (χ2n) is 8.23. The van der Waals surface area contributed by atoms with Gasteiger partial charge in [0, 0.05) is 38.8 Å². The molecule has 184 valence electrons. The average molecular weight is 523 g/mol. The highest BCUT2D eigenvalue weighted by molar-refractivity contribution is 7.99. The number of nitrogens with one attached hydrogen (secondary N) is 1. The van der Waals surface area contributed by atoms with E-state index in [0.29, 0.717) is 21.4 Å². The quantitative estimate of drug-likeness (QED) is 0.201. The molecular formula is C26H23ClN4O4S. The van der Waals surface area contributed by atoms with Crippen LogP contribution in [0.1, 0.15) is 27.2 Å². The van der Waals surface area contributed by atoms with E-state index in [0.717, 1.165) is 21.6 Å². The van der Waals surface area contributed by atoms with E-state index in [9.17, 15) is 14.9 Å². The van der Waals surface area contributed by atoms with Crippen LogP contribution in [0.4, 0.5) is 11.4 Å². The van der Waals surface area contributed by atoms with Gasteiger partial charge in [0.2, 0.25) is 0 Å². The van der Waals surface area contributed by atoms with Crippen molar-refractivity contribution in [1.82, 2.24) is 9.78 Å². The van der Waals surface area contributed by atoms with Gasteiger partial charge in [0.05, 0.1) is 4.92 Å². The first-order valence-electron chi connectivity index (χ1n) is 11.0. The summed E-state index contributed by atoms with van der Waals surface area (Å²) < 4.78 is 7.26. The summed E-state index contributed by atoms with van der Waals surface area (Å²) in [5.74, 6) is 0.157. The van der Waals surface area contributed by atoms with Crippen LogP contribution in [0.25, 0.3) is 0 Å². The van der Waals surface area contributed by atoms with Crippen molar-refractivity contribution >= 4 is 40.6 Å². The Bertz CT molecular complexity index is 1410. The molecule has 0 radical (unpaired) electrons. The molecule has 0 aliphatic carbocycles. The third kappa shape index (κ3) is 6.24. The fraction of sp³-hybridized carbons (Fsp3) is 0.154. The monoisotopic (exact) mass is 522 g/mol. The lowest BCUT2D eigenvalue weighted by Gasteiger charge is -2.10. The van der Waals surface area contributed by atoms with Gasteiger partial charge in [-0.2, -0.15) is 5.10 Å². The number of nitro benzene ring substituents is 1. The highest BCUT2D eigenvalue weighted by atomic mass is 35.5. The number of amides is 1. The number of nitrogens with zero attached hydrogens (tertiary/aromatic N) is 3. The summed E-state index contributed by atoms with van der Waals surface area (Å²) >= 11 is 7.57. The molecule has 1 aromatic heterocycles. The van der Waals surface area contributed by atoms with Gasteiger partial charge in [-0.1, -0.05) is 41.1 Å². The number of carbonyl (C=O) groups excluding carboxylic acids is 1. The number of halogens is 1. The minimum Gasteiger partial charge on any atom is -0.471 e. The van der Waals surface area contributed by atoms with Crippen molar-refractivity contribution in [2.24, 2.45) is 0 Å². The first kappa shape index (κ1) is 25.3. The zero-order valence-electron chi connectivity index (χ0n) is 19.8. The Morgan fingerprint density at radius 1 is 1.06 bits per heavy atom. The van der Waals surface area contributed by atoms with Crippen molar-refractivity contribution in [3.8, 4) is 5.75 Å². The van der Waals surface area contributed by atoms with Crippen LogP contribution in [0, 0.1) is 30.9 Å². The van der Waals surface area contributed by atoms with Crippen molar-refractivity contribution in [2.75, 3.05) is 5.32 Å². The van der Waals surface area contributed by atoms with Gasteiger partial charge in [-0.05, 0) is 68.3 Å². The Labute approximate surface area is 217 Å². The Morgan fingerprint density at radius 3 is 2.42 bits per heavy atom. The topological polar surface area (TPSA) is 99.3 Å². The minimum absolute atomic E-state index is 0.0991. The van der Waals surface area contributed by atoms with E-state index >= 15 is 0 Å². The molecule has 0 saturated carbocycles. The first-order chi connectivity index (χ1) is 17.2. The number of aromatic nitrogens is 2. The fourth-order valence-electron chi connectivity index (χ4n) is 3.44. The van der Waals surface area contributed by atoms with E-state index in [-0.39, 0.29) is 18.1 Å². The van der Waals surface area contributed by atoms with Crippen molar-refractivity contribution in [1.29, 1.82) is 0 Å². The van der Waals surface area contributed by atoms with Crippen molar-refractivity contribution < 1.29 is 14.5 Å². The Morgan fingerprint density at radius 2 is 1.75 bits per heavy atom. The molecule has 0 unspecified atom stereocenters. The number of hydrogen-bond donors (Lipinski definition) is 1. The van der Waals surface area contributed by atoms with E-state index in [1.54, 1.807) is 18.3 Å². The molecule has 4 aromatic rings. The lowest BCUT2D eigenvalue weighted by atomic mass is 10.1. The van der Waals surface area contributed by atoms with E-state index in [4.69, 9.17) is 16.3 Å². The maximum atomic E-state index is 12.8. The number of rotatable bonds is 8. The zero-order chi connectivity index (χ0) is 25.8. The predicted octanol–water partition coefficient (Wildman–Crippen LogP) is 6.81. The molecule has 1 amide bonds. The Hall–Kier alpha value is -3.82. The lowest BCUT2D eigenvalue weighted by molar-refractivity contribution is -0.385. The second-order valence-corrected chi connectivity index (χ2v) is 9.75.